The maximum Gasteiger partial charge on any atom is 0.244 e. The van der Waals surface area contributed by atoms with Crippen LogP contribution in [0.15, 0.2) is 30.6 Å². The lowest BCUT2D eigenvalue weighted by Crippen LogP contribution is -2.28. The van der Waals surface area contributed by atoms with Crippen LogP contribution in [-0.4, -0.2) is 40.5 Å². The summed E-state index contributed by atoms with van der Waals surface area (Å²) in [6.07, 6.45) is 6.83. The number of nitrogen functional groups attached to an aromatic ring is 1. The molecule has 0 aromatic carbocycles. The van der Waals surface area contributed by atoms with Gasteiger partial charge in [0.25, 0.3) is 0 Å². The van der Waals surface area contributed by atoms with Crippen LogP contribution in [0.5, 0.6) is 0 Å². The Kier molecular flexibility index (Phi) is 5.13. The fraction of sp³-hybridized carbons (Fsp3) is 0.368. The monoisotopic (exact) mass is 402 g/mol. The number of aromatic nitrogens is 3. The number of piperidine rings is 1. The van der Waals surface area contributed by atoms with Crippen molar-refractivity contribution in [3.05, 3.63) is 47.3 Å². The standard InChI is InChI=1S/C19H20ClFN6O/c20-19-25-8-15(21)18(26-19)27-9-13-12(14(13)10-27)5-6-23-17(28)4-2-11-1-3-16(22)24-7-11/h1-4,7-8,12-14H,5-6,9-10H2,(H2,22,24)(H,23,28)/b4-2+/t12-,13-,14+. The highest BCUT2D eigenvalue weighted by molar-refractivity contribution is 6.28. The molecule has 0 spiro atoms. The fourth-order valence-corrected chi connectivity index (χ4v) is 4.05. The zero-order valence-corrected chi connectivity index (χ0v) is 15.8. The van der Waals surface area contributed by atoms with Gasteiger partial charge in [-0.2, -0.15) is 4.98 Å². The smallest absolute Gasteiger partial charge is 0.244 e. The number of rotatable bonds is 6. The number of anilines is 2. The van der Waals surface area contributed by atoms with Gasteiger partial charge in [-0.25, -0.2) is 14.4 Å². The summed E-state index contributed by atoms with van der Waals surface area (Å²) in [7, 11) is 0. The number of fused-ring (bicyclic) bond motifs is 1. The van der Waals surface area contributed by atoms with E-state index in [1.54, 1.807) is 24.4 Å². The number of nitrogens with one attached hydrogen (secondary N) is 1. The predicted molar refractivity (Wildman–Crippen MR) is 105 cm³/mol. The number of hydrogen-bond donors (Lipinski definition) is 2. The van der Waals surface area contributed by atoms with Crippen LogP contribution in [0.2, 0.25) is 5.28 Å². The maximum absolute atomic E-state index is 13.9. The Balaban J connectivity index is 1.19. The van der Waals surface area contributed by atoms with Crippen molar-refractivity contribution in [1.29, 1.82) is 0 Å². The van der Waals surface area contributed by atoms with Crippen molar-refractivity contribution in [2.45, 2.75) is 6.42 Å². The average Bonchev–Trinajstić information content (AvgIpc) is 3.12. The molecule has 146 valence electrons. The Labute approximate surface area is 166 Å². The van der Waals surface area contributed by atoms with Gasteiger partial charge in [0.2, 0.25) is 11.2 Å². The molecule has 2 aromatic rings. The largest absolute Gasteiger partial charge is 0.384 e. The Bertz CT molecular complexity index is 894. The van der Waals surface area contributed by atoms with E-state index in [2.05, 4.69) is 20.3 Å². The number of pyridine rings is 1. The molecule has 4 rings (SSSR count). The Morgan fingerprint density at radius 1 is 1.32 bits per heavy atom. The van der Waals surface area contributed by atoms with E-state index in [0.717, 1.165) is 31.3 Å². The first-order valence-corrected chi connectivity index (χ1v) is 9.49. The molecule has 3 atom stereocenters. The van der Waals surface area contributed by atoms with Crippen LogP contribution in [0.1, 0.15) is 12.0 Å². The second kappa shape index (κ2) is 7.71. The number of carbonyl (C=O) groups is 1. The van der Waals surface area contributed by atoms with Crippen LogP contribution in [0.4, 0.5) is 16.0 Å². The third kappa shape index (κ3) is 4.06. The van der Waals surface area contributed by atoms with E-state index in [-0.39, 0.29) is 17.0 Å². The van der Waals surface area contributed by atoms with Crippen molar-refractivity contribution < 1.29 is 9.18 Å². The van der Waals surface area contributed by atoms with E-state index in [0.29, 0.717) is 30.1 Å². The van der Waals surface area contributed by atoms with Gasteiger partial charge >= 0.3 is 0 Å². The van der Waals surface area contributed by atoms with E-state index in [1.807, 2.05) is 4.90 Å². The quantitative estimate of drug-likeness (QED) is 0.567. The fourth-order valence-electron chi connectivity index (χ4n) is 3.92. The van der Waals surface area contributed by atoms with Gasteiger partial charge in [-0.15, -0.1) is 0 Å². The molecule has 1 saturated carbocycles. The molecule has 0 bridgehead atoms. The lowest BCUT2D eigenvalue weighted by atomic mass is 10.2. The SMILES string of the molecule is Nc1ccc(/C=C/C(=O)NCC[C@@H]2[C@H]3CN(c4nc(Cl)ncc4F)C[C@@H]23)cn1. The summed E-state index contributed by atoms with van der Waals surface area (Å²) in [5.74, 6) is 1.73. The van der Waals surface area contributed by atoms with Gasteiger partial charge in [-0.3, -0.25) is 4.79 Å². The van der Waals surface area contributed by atoms with Gasteiger partial charge in [0.15, 0.2) is 11.6 Å². The number of hydrogen-bond acceptors (Lipinski definition) is 6. The van der Waals surface area contributed by atoms with Gasteiger partial charge in [0, 0.05) is 31.9 Å². The van der Waals surface area contributed by atoms with Crippen LogP contribution < -0.4 is 16.0 Å². The van der Waals surface area contributed by atoms with Crippen LogP contribution >= 0.6 is 11.6 Å². The number of amides is 1. The van der Waals surface area contributed by atoms with E-state index < -0.39 is 5.82 Å². The zero-order valence-electron chi connectivity index (χ0n) is 15.1. The molecule has 9 heteroatoms. The van der Waals surface area contributed by atoms with Gasteiger partial charge in [0.1, 0.15) is 5.82 Å². The Hall–Kier alpha value is -2.74. The van der Waals surface area contributed by atoms with Crippen molar-refractivity contribution >= 4 is 35.2 Å². The van der Waals surface area contributed by atoms with Crippen molar-refractivity contribution in [1.82, 2.24) is 20.3 Å². The van der Waals surface area contributed by atoms with Gasteiger partial charge in [-0.1, -0.05) is 0 Å². The highest BCUT2D eigenvalue weighted by atomic mass is 35.5. The third-order valence-electron chi connectivity index (χ3n) is 5.38. The summed E-state index contributed by atoms with van der Waals surface area (Å²) in [6, 6.07) is 3.49. The third-order valence-corrected chi connectivity index (χ3v) is 5.56. The first-order chi connectivity index (χ1) is 13.5. The summed E-state index contributed by atoms with van der Waals surface area (Å²) < 4.78 is 13.9. The number of nitrogens with two attached hydrogens (primary N) is 1. The van der Waals surface area contributed by atoms with Crippen LogP contribution in [-0.2, 0) is 4.79 Å². The molecule has 0 unspecified atom stereocenters. The van der Waals surface area contributed by atoms with Crippen LogP contribution in [0.3, 0.4) is 0 Å². The Morgan fingerprint density at radius 2 is 2.11 bits per heavy atom. The molecule has 1 saturated heterocycles. The van der Waals surface area contributed by atoms with Crippen molar-refractivity contribution in [2.75, 3.05) is 30.3 Å². The van der Waals surface area contributed by atoms with E-state index in [9.17, 15) is 9.18 Å². The second-order valence-corrected chi connectivity index (χ2v) is 7.47. The zero-order chi connectivity index (χ0) is 19.7. The molecule has 1 amide bonds. The predicted octanol–water partition coefficient (Wildman–Crippen LogP) is 2.15. The summed E-state index contributed by atoms with van der Waals surface area (Å²) >= 11 is 5.77. The molecule has 2 aliphatic rings. The number of carbonyl (C=O) groups excluding carboxylic acids is 1. The van der Waals surface area contributed by atoms with Gasteiger partial charge in [-0.05, 0) is 59.5 Å². The van der Waals surface area contributed by atoms with Gasteiger partial charge in [0.05, 0.1) is 6.20 Å². The molecule has 0 radical (unpaired) electrons. The molecule has 3 N–H and O–H groups in total. The van der Waals surface area contributed by atoms with Crippen molar-refractivity contribution in [2.24, 2.45) is 17.8 Å². The minimum Gasteiger partial charge on any atom is -0.384 e. The first kappa shape index (κ1) is 18.6. The molecule has 1 aliphatic carbocycles. The molecule has 1 aliphatic heterocycles. The molecule has 2 aromatic heterocycles. The molecular weight excluding hydrogens is 383 g/mol. The van der Waals surface area contributed by atoms with Crippen LogP contribution in [0, 0.1) is 23.6 Å². The molecule has 2 fully saturated rings. The molecule has 7 nitrogen and oxygen atoms in total. The number of halogens is 2. The Morgan fingerprint density at radius 3 is 2.82 bits per heavy atom. The normalized spacial score (nSPS) is 23.1. The van der Waals surface area contributed by atoms with E-state index in [4.69, 9.17) is 17.3 Å². The van der Waals surface area contributed by atoms with Crippen molar-refractivity contribution in [3.63, 3.8) is 0 Å². The van der Waals surface area contributed by atoms with Crippen LogP contribution in [0.25, 0.3) is 6.08 Å². The molecular formula is C19H20ClFN6O. The second-order valence-electron chi connectivity index (χ2n) is 7.14. The summed E-state index contributed by atoms with van der Waals surface area (Å²) in [6.45, 7) is 2.14. The summed E-state index contributed by atoms with van der Waals surface area (Å²) in [5.41, 5.74) is 6.35. The van der Waals surface area contributed by atoms with Crippen molar-refractivity contribution in [3.8, 4) is 0 Å². The molecule has 28 heavy (non-hydrogen) atoms. The average molecular weight is 403 g/mol. The summed E-state index contributed by atoms with van der Waals surface area (Å²) in [5, 5.41) is 2.96. The van der Waals surface area contributed by atoms with E-state index in [1.165, 1.54) is 6.08 Å². The van der Waals surface area contributed by atoms with E-state index >= 15 is 0 Å². The lowest BCUT2D eigenvalue weighted by Gasteiger charge is -2.21. The lowest BCUT2D eigenvalue weighted by molar-refractivity contribution is -0.116. The molecule has 3 heterocycles. The number of nitrogens with zero attached hydrogens (tertiary/aromatic N) is 4. The minimum atomic E-state index is -0.447. The highest BCUT2D eigenvalue weighted by Gasteiger charge is 2.55. The highest BCUT2D eigenvalue weighted by Crippen LogP contribution is 2.54. The van der Waals surface area contributed by atoms with Gasteiger partial charge < -0.3 is 16.0 Å². The topological polar surface area (TPSA) is 97.0 Å². The maximum atomic E-state index is 13.9. The first-order valence-electron chi connectivity index (χ1n) is 9.11. The summed E-state index contributed by atoms with van der Waals surface area (Å²) in [4.78, 5) is 25.5. The minimum absolute atomic E-state index is 0.0547.